The Balaban J connectivity index is 1.84. The molecular weight excluding hydrogens is 214 g/mol. The highest BCUT2D eigenvalue weighted by Gasteiger charge is 2.22. The van der Waals surface area contributed by atoms with Gasteiger partial charge in [-0.25, -0.2) is 0 Å². The Morgan fingerprint density at radius 3 is 2.53 bits per heavy atom. The molecule has 0 heterocycles. The molecule has 0 spiro atoms. The first-order valence-electron chi connectivity index (χ1n) is 6.98. The highest BCUT2D eigenvalue weighted by molar-refractivity contribution is 5.76. The molecule has 1 amide bonds. The zero-order valence-corrected chi connectivity index (χ0v) is 11.3. The van der Waals surface area contributed by atoms with Gasteiger partial charge in [-0.15, -0.1) is 0 Å². The Hall–Kier alpha value is -0.610. The SMILES string of the molecule is CCN(CC)CCCNCCC(=O)NC1CC1. The summed E-state index contributed by atoms with van der Waals surface area (Å²) < 4.78 is 0. The van der Waals surface area contributed by atoms with Crippen molar-refractivity contribution in [3.05, 3.63) is 0 Å². The number of carbonyl (C=O) groups excluding carboxylic acids is 1. The molecule has 1 rings (SSSR count). The van der Waals surface area contributed by atoms with Crippen LogP contribution in [-0.4, -0.2) is 49.6 Å². The van der Waals surface area contributed by atoms with Gasteiger partial charge in [-0.2, -0.15) is 0 Å². The van der Waals surface area contributed by atoms with E-state index in [1.165, 1.54) is 12.8 Å². The van der Waals surface area contributed by atoms with Gasteiger partial charge in [-0.3, -0.25) is 4.79 Å². The van der Waals surface area contributed by atoms with Gasteiger partial charge in [-0.1, -0.05) is 13.8 Å². The molecule has 17 heavy (non-hydrogen) atoms. The number of hydrogen-bond donors (Lipinski definition) is 2. The molecule has 1 aliphatic carbocycles. The molecule has 0 radical (unpaired) electrons. The Labute approximate surface area is 105 Å². The second kappa shape index (κ2) is 8.48. The lowest BCUT2D eigenvalue weighted by Crippen LogP contribution is -2.31. The first-order valence-corrected chi connectivity index (χ1v) is 6.98. The number of hydrogen-bond acceptors (Lipinski definition) is 3. The van der Waals surface area contributed by atoms with Gasteiger partial charge in [0, 0.05) is 19.0 Å². The smallest absolute Gasteiger partial charge is 0.221 e. The minimum atomic E-state index is 0.198. The van der Waals surface area contributed by atoms with Crippen molar-refractivity contribution in [2.24, 2.45) is 0 Å². The lowest BCUT2D eigenvalue weighted by atomic mass is 10.3. The van der Waals surface area contributed by atoms with Crippen molar-refractivity contribution in [1.82, 2.24) is 15.5 Å². The zero-order chi connectivity index (χ0) is 12.5. The van der Waals surface area contributed by atoms with Crippen LogP contribution >= 0.6 is 0 Å². The molecule has 1 fully saturated rings. The molecule has 0 bridgehead atoms. The maximum absolute atomic E-state index is 11.4. The van der Waals surface area contributed by atoms with Crippen LogP contribution in [0.4, 0.5) is 0 Å². The second-order valence-corrected chi connectivity index (χ2v) is 4.72. The van der Waals surface area contributed by atoms with Gasteiger partial charge in [0.2, 0.25) is 5.91 Å². The van der Waals surface area contributed by atoms with Gasteiger partial charge in [0.25, 0.3) is 0 Å². The average Bonchev–Trinajstić information content (AvgIpc) is 3.12. The summed E-state index contributed by atoms with van der Waals surface area (Å²) in [7, 11) is 0. The number of carbonyl (C=O) groups is 1. The van der Waals surface area contributed by atoms with E-state index in [1.807, 2.05) is 0 Å². The van der Waals surface area contributed by atoms with Gasteiger partial charge in [0.15, 0.2) is 0 Å². The predicted octanol–water partition coefficient (Wildman–Crippen LogP) is 0.977. The summed E-state index contributed by atoms with van der Waals surface area (Å²) in [5.74, 6) is 0.198. The van der Waals surface area contributed by atoms with Crippen molar-refractivity contribution < 1.29 is 4.79 Å². The van der Waals surface area contributed by atoms with E-state index >= 15 is 0 Å². The van der Waals surface area contributed by atoms with Crippen LogP contribution in [0.3, 0.4) is 0 Å². The monoisotopic (exact) mass is 241 g/mol. The summed E-state index contributed by atoms with van der Waals surface area (Å²) in [6, 6.07) is 0.491. The Morgan fingerprint density at radius 2 is 1.94 bits per heavy atom. The Morgan fingerprint density at radius 1 is 1.24 bits per heavy atom. The third-order valence-electron chi connectivity index (χ3n) is 3.19. The summed E-state index contributed by atoms with van der Waals surface area (Å²) >= 11 is 0. The third-order valence-corrected chi connectivity index (χ3v) is 3.19. The van der Waals surface area contributed by atoms with Crippen molar-refractivity contribution in [3.63, 3.8) is 0 Å². The highest BCUT2D eigenvalue weighted by atomic mass is 16.1. The molecule has 0 saturated heterocycles. The Bertz CT molecular complexity index is 213. The topological polar surface area (TPSA) is 44.4 Å². The van der Waals surface area contributed by atoms with Crippen molar-refractivity contribution in [1.29, 1.82) is 0 Å². The van der Waals surface area contributed by atoms with Gasteiger partial charge < -0.3 is 15.5 Å². The fourth-order valence-electron chi connectivity index (χ4n) is 1.82. The fraction of sp³-hybridized carbons (Fsp3) is 0.923. The van der Waals surface area contributed by atoms with Crippen LogP contribution in [0.25, 0.3) is 0 Å². The van der Waals surface area contributed by atoms with E-state index in [0.717, 1.165) is 39.1 Å². The molecule has 0 aromatic carbocycles. The highest BCUT2D eigenvalue weighted by Crippen LogP contribution is 2.18. The third kappa shape index (κ3) is 7.34. The maximum Gasteiger partial charge on any atom is 0.221 e. The van der Waals surface area contributed by atoms with E-state index in [-0.39, 0.29) is 5.91 Å². The summed E-state index contributed by atoms with van der Waals surface area (Å²) in [5, 5.41) is 6.32. The van der Waals surface area contributed by atoms with Crippen LogP contribution < -0.4 is 10.6 Å². The largest absolute Gasteiger partial charge is 0.353 e. The molecule has 4 heteroatoms. The molecule has 4 nitrogen and oxygen atoms in total. The van der Waals surface area contributed by atoms with Gasteiger partial charge in [0.1, 0.15) is 0 Å². The van der Waals surface area contributed by atoms with Crippen LogP contribution in [0.2, 0.25) is 0 Å². The van der Waals surface area contributed by atoms with E-state index < -0.39 is 0 Å². The number of nitrogens with zero attached hydrogens (tertiary/aromatic N) is 1. The molecule has 2 N–H and O–H groups in total. The molecule has 1 aliphatic rings. The molecule has 0 aromatic heterocycles. The van der Waals surface area contributed by atoms with E-state index in [9.17, 15) is 4.79 Å². The fourth-order valence-corrected chi connectivity index (χ4v) is 1.82. The minimum absolute atomic E-state index is 0.198. The van der Waals surface area contributed by atoms with Crippen molar-refractivity contribution in [2.45, 2.75) is 45.6 Å². The molecule has 1 saturated carbocycles. The lowest BCUT2D eigenvalue weighted by molar-refractivity contribution is -0.121. The van der Waals surface area contributed by atoms with Crippen molar-refractivity contribution in [3.8, 4) is 0 Å². The zero-order valence-electron chi connectivity index (χ0n) is 11.3. The summed E-state index contributed by atoms with van der Waals surface area (Å²) in [6.07, 6.45) is 4.11. The van der Waals surface area contributed by atoms with Crippen molar-refractivity contribution in [2.75, 3.05) is 32.7 Å². The summed E-state index contributed by atoms with van der Waals surface area (Å²) in [6.45, 7) is 9.59. The standard InChI is InChI=1S/C13H27N3O/c1-3-16(4-2)11-5-9-14-10-8-13(17)15-12-6-7-12/h12,14H,3-11H2,1-2H3,(H,15,17). The maximum atomic E-state index is 11.4. The van der Waals surface area contributed by atoms with Crippen LogP contribution in [0.15, 0.2) is 0 Å². The van der Waals surface area contributed by atoms with E-state index in [4.69, 9.17) is 0 Å². The summed E-state index contributed by atoms with van der Waals surface area (Å²) in [5.41, 5.74) is 0. The van der Waals surface area contributed by atoms with E-state index in [0.29, 0.717) is 12.5 Å². The first-order chi connectivity index (χ1) is 8.26. The lowest BCUT2D eigenvalue weighted by Gasteiger charge is -2.17. The van der Waals surface area contributed by atoms with Gasteiger partial charge in [0.05, 0.1) is 0 Å². The molecular formula is C13H27N3O. The molecule has 0 aromatic rings. The summed E-state index contributed by atoms with van der Waals surface area (Å²) in [4.78, 5) is 13.8. The average molecular weight is 241 g/mol. The van der Waals surface area contributed by atoms with Crippen LogP contribution in [0, 0.1) is 0 Å². The van der Waals surface area contributed by atoms with Crippen LogP contribution in [-0.2, 0) is 4.79 Å². The van der Waals surface area contributed by atoms with Gasteiger partial charge >= 0.3 is 0 Å². The van der Waals surface area contributed by atoms with Gasteiger partial charge in [-0.05, 0) is 45.4 Å². The first kappa shape index (κ1) is 14.5. The van der Waals surface area contributed by atoms with E-state index in [2.05, 4.69) is 29.4 Å². The quantitative estimate of drug-likeness (QED) is 0.560. The Kier molecular flexibility index (Phi) is 7.21. The minimum Gasteiger partial charge on any atom is -0.353 e. The predicted molar refractivity (Wildman–Crippen MR) is 71.1 cm³/mol. The number of nitrogens with one attached hydrogen (secondary N) is 2. The second-order valence-electron chi connectivity index (χ2n) is 4.72. The number of amides is 1. The molecule has 0 unspecified atom stereocenters. The number of rotatable bonds is 10. The van der Waals surface area contributed by atoms with Crippen LogP contribution in [0.5, 0.6) is 0 Å². The molecule has 0 aliphatic heterocycles. The van der Waals surface area contributed by atoms with Crippen molar-refractivity contribution >= 4 is 5.91 Å². The molecule has 100 valence electrons. The van der Waals surface area contributed by atoms with Crippen LogP contribution in [0.1, 0.15) is 39.5 Å². The molecule has 0 atom stereocenters. The normalized spacial score (nSPS) is 15.2. The van der Waals surface area contributed by atoms with E-state index in [1.54, 1.807) is 0 Å².